The van der Waals surface area contributed by atoms with Gasteiger partial charge < -0.3 is 10.2 Å². The summed E-state index contributed by atoms with van der Waals surface area (Å²) in [7, 11) is 1.96. The van der Waals surface area contributed by atoms with Crippen LogP contribution in [-0.4, -0.2) is 42.5 Å². The minimum absolute atomic E-state index is 0. The Labute approximate surface area is 172 Å². The number of aromatic nitrogens is 1. The minimum atomic E-state index is 0. The molecule has 0 spiro atoms. The molecule has 1 aromatic heterocycles. The van der Waals surface area contributed by atoms with E-state index in [9.17, 15) is 4.79 Å². The van der Waals surface area contributed by atoms with Crippen molar-refractivity contribution in [1.82, 2.24) is 15.2 Å². The summed E-state index contributed by atoms with van der Waals surface area (Å²) in [4.78, 5) is 19.1. The van der Waals surface area contributed by atoms with Crippen molar-refractivity contribution in [3.8, 4) is 10.6 Å². The van der Waals surface area contributed by atoms with Crippen LogP contribution >= 0.6 is 36.2 Å². The summed E-state index contributed by atoms with van der Waals surface area (Å²) in [6.45, 7) is 7.00. The number of hydrogen-bond donors (Lipinski definition) is 1. The fourth-order valence-electron chi connectivity index (χ4n) is 3.15. The zero-order valence-corrected chi connectivity index (χ0v) is 17.8. The SMILES string of the molecule is CNCC1CCN(C(=O)c2csc(-c3ccc(C(C)C)cc3)n2)C1.Cl.Cl. The number of likely N-dealkylation sites (tertiary alicyclic amines) is 1. The number of rotatable bonds is 5. The van der Waals surface area contributed by atoms with Gasteiger partial charge in [-0.3, -0.25) is 4.79 Å². The van der Waals surface area contributed by atoms with E-state index in [4.69, 9.17) is 0 Å². The lowest BCUT2D eigenvalue weighted by Crippen LogP contribution is -2.30. The van der Waals surface area contributed by atoms with E-state index in [1.807, 2.05) is 17.3 Å². The molecule has 1 N–H and O–H groups in total. The summed E-state index contributed by atoms with van der Waals surface area (Å²) in [6, 6.07) is 8.49. The van der Waals surface area contributed by atoms with Crippen molar-refractivity contribution in [2.24, 2.45) is 5.92 Å². The van der Waals surface area contributed by atoms with E-state index in [-0.39, 0.29) is 30.7 Å². The van der Waals surface area contributed by atoms with Gasteiger partial charge in [-0.05, 0) is 37.4 Å². The predicted octanol–water partition coefficient (Wildman–Crippen LogP) is 4.46. The largest absolute Gasteiger partial charge is 0.337 e. The molecule has 2 heterocycles. The lowest BCUT2D eigenvalue weighted by atomic mass is 10.0. The van der Waals surface area contributed by atoms with Crippen LogP contribution in [0.2, 0.25) is 0 Å². The molecule has 4 nitrogen and oxygen atoms in total. The maximum absolute atomic E-state index is 12.6. The van der Waals surface area contributed by atoms with Crippen molar-refractivity contribution in [2.75, 3.05) is 26.7 Å². The first-order valence-corrected chi connectivity index (χ1v) is 9.46. The Hall–Kier alpha value is -1.14. The van der Waals surface area contributed by atoms with E-state index in [1.54, 1.807) is 11.3 Å². The molecular formula is C19H27Cl2N3OS. The molecule has 1 saturated heterocycles. The monoisotopic (exact) mass is 415 g/mol. The predicted molar refractivity (Wildman–Crippen MR) is 114 cm³/mol. The molecule has 1 unspecified atom stereocenters. The third-order valence-electron chi connectivity index (χ3n) is 4.61. The fourth-order valence-corrected chi connectivity index (χ4v) is 3.95. The number of benzene rings is 1. The molecule has 0 radical (unpaired) electrons. The average molecular weight is 416 g/mol. The first-order chi connectivity index (χ1) is 11.6. The standard InChI is InChI=1S/C19H25N3OS.2ClH/c1-13(2)15-4-6-16(7-5-15)18-21-17(12-24-18)19(23)22-9-8-14(11-22)10-20-3;;/h4-7,12-14,20H,8-11H2,1-3H3;2*1H. The Balaban J connectivity index is 0.00000169. The van der Waals surface area contributed by atoms with E-state index in [1.165, 1.54) is 5.56 Å². The normalized spacial score (nSPS) is 16.3. The molecule has 1 aliphatic heterocycles. The van der Waals surface area contributed by atoms with E-state index in [0.29, 0.717) is 17.5 Å². The molecule has 1 aromatic carbocycles. The molecule has 1 fully saturated rings. The number of nitrogens with one attached hydrogen (secondary N) is 1. The summed E-state index contributed by atoms with van der Waals surface area (Å²) in [5.74, 6) is 1.14. The van der Waals surface area contributed by atoms with E-state index in [0.717, 1.165) is 36.6 Å². The highest BCUT2D eigenvalue weighted by molar-refractivity contribution is 7.13. The lowest BCUT2D eigenvalue weighted by Gasteiger charge is -2.15. The van der Waals surface area contributed by atoms with E-state index >= 15 is 0 Å². The van der Waals surface area contributed by atoms with Crippen LogP contribution in [0.3, 0.4) is 0 Å². The second-order valence-electron chi connectivity index (χ2n) is 6.78. The maximum atomic E-state index is 12.6. The van der Waals surface area contributed by atoms with Gasteiger partial charge in [0.1, 0.15) is 10.7 Å². The molecule has 26 heavy (non-hydrogen) atoms. The number of carbonyl (C=O) groups excluding carboxylic acids is 1. The van der Waals surface area contributed by atoms with Crippen LogP contribution in [0.1, 0.15) is 42.2 Å². The summed E-state index contributed by atoms with van der Waals surface area (Å²) >= 11 is 1.54. The second kappa shape index (κ2) is 10.3. The van der Waals surface area contributed by atoms with Gasteiger partial charge in [-0.1, -0.05) is 38.1 Å². The zero-order valence-electron chi connectivity index (χ0n) is 15.4. The van der Waals surface area contributed by atoms with Gasteiger partial charge in [0.2, 0.25) is 0 Å². The molecule has 1 aliphatic rings. The first kappa shape index (κ1) is 22.9. The van der Waals surface area contributed by atoms with Crippen LogP contribution in [0.5, 0.6) is 0 Å². The Morgan fingerprint density at radius 1 is 1.31 bits per heavy atom. The number of carbonyl (C=O) groups is 1. The van der Waals surface area contributed by atoms with Crippen molar-refractivity contribution in [3.05, 3.63) is 40.9 Å². The Kier molecular flexibility index (Phi) is 9.04. The molecule has 7 heteroatoms. The highest BCUT2D eigenvalue weighted by Gasteiger charge is 2.27. The van der Waals surface area contributed by atoms with Crippen LogP contribution in [-0.2, 0) is 0 Å². The number of halogens is 2. The summed E-state index contributed by atoms with van der Waals surface area (Å²) < 4.78 is 0. The average Bonchev–Trinajstić information content (AvgIpc) is 3.24. The molecule has 1 amide bonds. The van der Waals surface area contributed by atoms with Crippen LogP contribution in [0.4, 0.5) is 0 Å². The minimum Gasteiger partial charge on any atom is -0.337 e. The highest BCUT2D eigenvalue weighted by atomic mass is 35.5. The van der Waals surface area contributed by atoms with Gasteiger partial charge in [-0.2, -0.15) is 0 Å². The van der Waals surface area contributed by atoms with Gasteiger partial charge in [-0.25, -0.2) is 4.98 Å². The molecule has 1 atom stereocenters. The summed E-state index contributed by atoms with van der Waals surface area (Å²) in [5.41, 5.74) is 2.98. The number of nitrogens with zero attached hydrogens (tertiary/aromatic N) is 2. The topological polar surface area (TPSA) is 45.2 Å². The zero-order chi connectivity index (χ0) is 17.1. The van der Waals surface area contributed by atoms with Gasteiger partial charge in [0.15, 0.2) is 0 Å². The fraction of sp³-hybridized carbons (Fsp3) is 0.474. The highest BCUT2D eigenvalue weighted by Crippen LogP contribution is 2.27. The molecule has 0 saturated carbocycles. The second-order valence-corrected chi connectivity index (χ2v) is 7.64. The third kappa shape index (κ3) is 5.19. The summed E-state index contributed by atoms with van der Waals surface area (Å²) in [6.07, 6.45) is 1.07. The molecule has 144 valence electrons. The molecule has 2 aromatic rings. The third-order valence-corrected chi connectivity index (χ3v) is 5.50. The van der Waals surface area contributed by atoms with Crippen LogP contribution in [0, 0.1) is 5.92 Å². The maximum Gasteiger partial charge on any atom is 0.273 e. The van der Waals surface area contributed by atoms with Gasteiger partial charge in [0.25, 0.3) is 5.91 Å². The van der Waals surface area contributed by atoms with Crippen molar-refractivity contribution in [2.45, 2.75) is 26.2 Å². The molecule has 0 bridgehead atoms. The smallest absolute Gasteiger partial charge is 0.273 e. The number of amides is 1. The van der Waals surface area contributed by atoms with Gasteiger partial charge in [0.05, 0.1) is 0 Å². The lowest BCUT2D eigenvalue weighted by molar-refractivity contribution is 0.0782. The molecule has 3 rings (SSSR count). The Morgan fingerprint density at radius 2 is 2.00 bits per heavy atom. The van der Waals surface area contributed by atoms with Crippen LogP contribution < -0.4 is 5.32 Å². The quantitative estimate of drug-likeness (QED) is 0.783. The first-order valence-electron chi connectivity index (χ1n) is 8.58. The van der Waals surface area contributed by atoms with E-state index < -0.39 is 0 Å². The van der Waals surface area contributed by atoms with Crippen molar-refractivity contribution in [3.63, 3.8) is 0 Å². The van der Waals surface area contributed by atoms with Gasteiger partial charge in [-0.15, -0.1) is 36.2 Å². The van der Waals surface area contributed by atoms with Gasteiger partial charge in [0, 0.05) is 24.0 Å². The number of hydrogen-bond acceptors (Lipinski definition) is 4. The molecular weight excluding hydrogens is 389 g/mol. The van der Waals surface area contributed by atoms with Crippen molar-refractivity contribution in [1.29, 1.82) is 0 Å². The van der Waals surface area contributed by atoms with Crippen molar-refractivity contribution >= 4 is 42.1 Å². The Bertz CT molecular complexity index is 703. The summed E-state index contributed by atoms with van der Waals surface area (Å²) in [5, 5.41) is 6.00. The molecule has 0 aliphatic carbocycles. The number of thiazole rings is 1. The van der Waals surface area contributed by atoms with E-state index in [2.05, 4.69) is 48.4 Å². The van der Waals surface area contributed by atoms with Gasteiger partial charge >= 0.3 is 0 Å². The van der Waals surface area contributed by atoms with Crippen LogP contribution in [0.25, 0.3) is 10.6 Å². The van der Waals surface area contributed by atoms with Crippen LogP contribution in [0.15, 0.2) is 29.6 Å². The van der Waals surface area contributed by atoms with Crippen molar-refractivity contribution < 1.29 is 4.79 Å². The Morgan fingerprint density at radius 3 is 2.62 bits per heavy atom.